The Kier molecular flexibility index (Phi) is 5.98. The molecule has 1 unspecified atom stereocenters. The second-order valence-corrected chi connectivity index (χ2v) is 5.91. The van der Waals surface area contributed by atoms with Crippen molar-refractivity contribution in [3.63, 3.8) is 0 Å². The van der Waals surface area contributed by atoms with Crippen LogP contribution in [0.4, 0.5) is 0 Å². The monoisotopic (exact) mass is 319 g/mol. The lowest BCUT2D eigenvalue weighted by Gasteiger charge is -2.40. The summed E-state index contributed by atoms with van der Waals surface area (Å²) in [6.45, 7) is 4.39. The fraction of sp³-hybridized carbons (Fsp3) is 0.529. The fourth-order valence-electron chi connectivity index (χ4n) is 2.69. The van der Waals surface area contributed by atoms with E-state index in [0.717, 1.165) is 12.3 Å². The third kappa shape index (κ3) is 4.69. The zero-order chi connectivity index (χ0) is 16.8. The number of piperazine rings is 1. The summed E-state index contributed by atoms with van der Waals surface area (Å²) in [5.74, 6) is 0.699. The summed E-state index contributed by atoms with van der Waals surface area (Å²) in [4.78, 5) is 29.8. The first-order valence-electron chi connectivity index (χ1n) is 7.87. The third-order valence-electron chi connectivity index (χ3n) is 4.09. The van der Waals surface area contributed by atoms with E-state index in [2.05, 4.69) is 4.90 Å². The molecule has 2 amide bonds. The van der Waals surface area contributed by atoms with E-state index in [9.17, 15) is 9.59 Å². The third-order valence-corrected chi connectivity index (χ3v) is 4.09. The van der Waals surface area contributed by atoms with Gasteiger partial charge in [-0.05, 0) is 19.2 Å². The van der Waals surface area contributed by atoms with Gasteiger partial charge in [-0.15, -0.1) is 0 Å². The molecule has 1 heterocycles. The molecule has 0 bridgehead atoms. The van der Waals surface area contributed by atoms with Crippen LogP contribution in [0.1, 0.15) is 6.92 Å². The number of ether oxygens (including phenoxy) is 1. The maximum atomic E-state index is 12.7. The molecule has 1 fully saturated rings. The molecule has 6 heteroatoms. The number of amides is 2. The highest BCUT2D eigenvalue weighted by molar-refractivity contribution is 5.87. The summed E-state index contributed by atoms with van der Waals surface area (Å²) in [6, 6.07) is 9.11. The summed E-state index contributed by atoms with van der Waals surface area (Å²) in [5.41, 5.74) is 0. The first-order chi connectivity index (χ1) is 11.0. The molecule has 1 aliphatic rings. The van der Waals surface area contributed by atoms with Gasteiger partial charge in [-0.25, -0.2) is 0 Å². The number of hydrogen-bond acceptors (Lipinski definition) is 4. The zero-order valence-corrected chi connectivity index (χ0v) is 14.1. The van der Waals surface area contributed by atoms with Gasteiger partial charge in [0.25, 0.3) is 0 Å². The van der Waals surface area contributed by atoms with Crippen LogP contribution >= 0.6 is 0 Å². The molecule has 0 aromatic heterocycles. The van der Waals surface area contributed by atoms with Gasteiger partial charge in [0.1, 0.15) is 18.4 Å². The van der Waals surface area contributed by atoms with Crippen molar-refractivity contribution >= 4 is 11.8 Å². The smallest absolute Gasteiger partial charge is 0.246 e. The molecule has 1 atom stereocenters. The Morgan fingerprint density at radius 3 is 2.61 bits per heavy atom. The Morgan fingerprint density at radius 1 is 1.26 bits per heavy atom. The Labute approximate surface area is 137 Å². The predicted octanol–water partition coefficient (Wildman–Crippen LogP) is 0.686. The van der Waals surface area contributed by atoms with Gasteiger partial charge in [-0.1, -0.05) is 18.2 Å². The highest BCUT2D eigenvalue weighted by atomic mass is 16.5. The molecule has 0 N–H and O–H groups in total. The molecule has 1 aromatic rings. The van der Waals surface area contributed by atoms with Crippen molar-refractivity contribution in [3.8, 4) is 5.75 Å². The Morgan fingerprint density at radius 2 is 1.96 bits per heavy atom. The number of likely N-dealkylation sites (N-methyl/N-ethyl adjacent to an activating group) is 2. The van der Waals surface area contributed by atoms with Crippen LogP contribution in [0, 0.1) is 0 Å². The molecular weight excluding hydrogens is 294 g/mol. The minimum Gasteiger partial charge on any atom is -0.492 e. The molecule has 0 aliphatic carbocycles. The van der Waals surface area contributed by atoms with E-state index in [0.29, 0.717) is 26.2 Å². The summed E-state index contributed by atoms with van der Waals surface area (Å²) in [5, 5.41) is 0. The normalized spacial score (nSPS) is 18.6. The van der Waals surface area contributed by atoms with E-state index < -0.39 is 6.04 Å². The standard InChI is InChI=1S/C17H25N3O3/c1-14(21)20-10-9-18(2)13-16(20)17(22)19(3)11-12-23-15-7-5-4-6-8-15/h4-8,16H,9-13H2,1-3H3. The van der Waals surface area contributed by atoms with E-state index in [-0.39, 0.29) is 11.8 Å². The minimum atomic E-state index is -0.409. The molecule has 6 nitrogen and oxygen atoms in total. The highest BCUT2D eigenvalue weighted by Gasteiger charge is 2.34. The van der Waals surface area contributed by atoms with Gasteiger partial charge >= 0.3 is 0 Å². The quantitative estimate of drug-likeness (QED) is 0.801. The average molecular weight is 319 g/mol. The van der Waals surface area contributed by atoms with Crippen molar-refractivity contribution in [1.82, 2.24) is 14.7 Å². The lowest BCUT2D eigenvalue weighted by Crippen LogP contribution is -2.59. The highest BCUT2D eigenvalue weighted by Crippen LogP contribution is 2.12. The largest absolute Gasteiger partial charge is 0.492 e. The van der Waals surface area contributed by atoms with Gasteiger partial charge < -0.3 is 19.4 Å². The van der Waals surface area contributed by atoms with Gasteiger partial charge in [0.05, 0.1) is 6.54 Å². The summed E-state index contributed by atoms with van der Waals surface area (Å²) < 4.78 is 5.62. The van der Waals surface area contributed by atoms with E-state index in [1.165, 1.54) is 6.92 Å². The lowest BCUT2D eigenvalue weighted by atomic mass is 10.1. The summed E-state index contributed by atoms with van der Waals surface area (Å²) >= 11 is 0. The van der Waals surface area contributed by atoms with Crippen LogP contribution in [0.15, 0.2) is 30.3 Å². The first kappa shape index (κ1) is 17.3. The van der Waals surface area contributed by atoms with Crippen molar-refractivity contribution in [2.75, 3.05) is 46.9 Å². The summed E-state index contributed by atoms with van der Waals surface area (Å²) in [6.07, 6.45) is 0. The molecule has 2 rings (SSSR count). The maximum Gasteiger partial charge on any atom is 0.246 e. The second-order valence-electron chi connectivity index (χ2n) is 5.91. The Bertz CT molecular complexity index is 535. The molecule has 1 aliphatic heterocycles. The SMILES string of the molecule is CC(=O)N1CCN(C)CC1C(=O)N(C)CCOc1ccccc1. The molecule has 0 radical (unpaired) electrons. The second kappa shape index (κ2) is 7.97. The lowest BCUT2D eigenvalue weighted by molar-refractivity contribution is -0.147. The van der Waals surface area contributed by atoms with Crippen LogP contribution in [0.3, 0.4) is 0 Å². The Hall–Kier alpha value is -2.08. The van der Waals surface area contributed by atoms with Crippen LogP contribution in [0.2, 0.25) is 0 Å². The molecule has 23 heavy (non-hydrogen) atoms. The topological polar surface area (TPSA) is 53.1 Å². The van der Waals surface area contributed by atoms with Crippen LogP contribution in [-0.2, 0) is 9.59 Å². The van der Waals surface area contributed by atoms with Crippen LogP contribution in [0.5, 0.6) is 5.75 Å². The van der Waals surface area contributed by atoms with Crippen molar-refractivity contribution in [2.45, 2.75) is 13.0 Å². The van der Waals surface area contributed by atoms with E-state index in [1.54, 1.807) is 16.8 Å². The van der Waals surface area contributed by atoms with Gasteiger partial charge in [-0.2, -0.15) is 0 Å². The van der Waals surface area contributed by atoms with Gasteiger partial charge in [0.15, 0.2) is 0 Å². The van der Waals surface area contributed by atoms with E-state index in [1.807, 2.05) is 37.4 Å². The number of rotatable bonds is 5. The average Bonchev–Trinajstić information content (AvgIpc) is 2.54. The number of nitrogens with zero attached hydrogens (tertiary/aromatic N) is 3. The van der Waals surface area contributed by atoms with Crippen LogP contribution in [-0.4, -0.2) is 79.4 Å². The maximum absolute atomic E-state index is 12.7. The number of benzene rings is 1. The van der Waals surface area contributed by atoms with Crippen molar-refractivity contribution in [1.29, 1.82) is 0 Å². The van der Waals surface area contributed by atoms with E-state index in [4.69, 9.17) is 4.74 Å². The Balaban J connectivity index is 1.88. The van der Waals surface area contributed by atoms with Crippen molar-refractivity contribution < 1.29 is 14.3 Å². The number of carbonyl (C=O) groups excluding carboxylic acids is 2. The molecule has 0 spiro atoms. The van der Waals surface area contributed by atoms with Crippen molar-refractivity contribution in [3.05, 3.63) is 30.3 Å². The van der Waals surface area contributed by atoms with Gasteiger partial charge in [-0.3, -0.25) is 9.59 Å². The number of carbonyl (C=O) groups is 2. The molecule has 0 saturated carbocycles. The molecule has 1 saturated heterocycles. The number of para-hydroxylation sites is 1. The summed E-state index contributed by atoms with van der Waals surface area (Å²) in [7, 11) is 3.72. The first-order valence-corrected chi connectivity index (χ1v) is 7.87. The molecule has 1 aromatic carbocycles. The fourth-order valence-corrected chi connectivity index (χ4v) is 2.69. The molecular formula is C17H25N3O3. The minimum absolute atomic E-state index is 0.0385. The zero-order valence-electron chi connectivity index (χ0n) is 14.1. The van der Waals surface area contributed by atoms with Gasteiger partial charge in [0.2, 0.25) is 11.8 Å². The molecule has 126 valence electrons. The predicted molar refractivity (Wildman–Crippen MR) is 88.2 cm³/mol. The number of hydrogen-bond donors (Lipinski definition) is 0. The van der Waals surface area contributed by atoms with E-state index >= 15 is 0 Å². The van der Waals surface area contributed by atoms with Crippen LogP contribution < -0.4 is 4.74 Å². The van der Waals surface area contributed by atoms with Crippen LogP contribution in [0.25, 0.3) is 0 Å². The van der Waals surface area contributed by atoms with Gasteiger partial charge in [0, 0.05) is 33.6 Å². The van der Waals surface area contributed by atoms with Crippen molar-refractivity contribution in [2.24, 2.45) is 0 Å².